The summed E-state index contributed by atoms with van der Waals surface area (Å²) in [5, 5.41) is 45.3. The van der Waals surface area contributed by atoms with Gasteiger partial charge < -0.3 is 20.4 Å². The summed E-state index contributed by atoms with van der Waals surface area (Å²) < 4.78 is 0. The van der Waals surface area contributed by atoms with E-state index < -0.39 is 34.3 Å². The molecule has 292 valence electrons. The predicted octanol–water partition coefficient (Wildman–Crippen LogP) is 11.0. The average molecular weight is 800 g/mol. The van der Waals surface area contributed by atoms with Gasteiger partial charge in [-0.2, -0.15) is 0 Å². The van der Waals surface area contributed by atoms with Crippen molar-refractivity contribution in [3.05, 3.63) is 129 Å². The van der Waals surface area contributed by atoms with E-state index >= 15 is 0 Å². The SMILES string of the molecule is CC(C)(C)CC(C)(C)c1cc(C(=O)O)c([O-])c(C(C)(C)c2ccccc2)c1.CC(C)(C)CC(C)(C)c1cc(C(=O)O)c([O-])c(C(C)(C)c2ccccc2)c1.[Zn+2]. The molecule has 4 aromatic rings. The van der Waals surface area contributed by atoms with Gasteiger partial charge in [-0.05, 0) is 80.0 Å². The molecule has 0 aliphatic heterocycles. The summed E-state index contributed by atoms with van der Waals surface area (Å²) in [5.41, 5.74) is 3.03. The van der Waals surface area contributed by atoms with Gasteiger partial charge in [-0.3, -0.25) is 0 Å². The Hall–Kier alpha value is -3.96. The fourth-order valence-electron chi connectivity index (χ4n) is 8.16. The molecular formula is C48H62O6Zn. The Kier molecular flexibility index (Phi) is 14.6. The molecule has 4 aromatic carbocycles. The molecule has 6 nitrogen and oxygen atoms in total. The molecule has 2 N–H and O–H groups in total. The Morgan fingerprint density at radius 3 is 0.982 bits per heavy atom. The van der Waals surface area contributed by atoms with Crippen LogP contribution in [0.1, 0.15) is 164 Å². The van der Waals surface area contributed by atoms with Crippen LogP contribution < -0.4 is 10.2 Å². The predicted molar refractivity (Wildman–Crippen MR) is 217 cm³/mol. The molecule has 0 aliphatic rings. The molecular weight excluding hydrogens is 738 g/mol. The van der Waals surface area contributed by atoms with Crippen molar-refractivity contribution in [2.45, 2.75) is 131 Å². The molecule has 0 saturated carbocycles. The zero-order valence-corrected chi connectivity index (χ0v) is 38.7. The molecule has 0 amide bonds. The van der Waals surface area contributed by atoms with Gasteiger partial charge in [0.05, 0.1) is 11.1 Å². The number of aromatic carboxylic acids is 2. The fraction of sp³-hybridized carbons (Fsp3) is 0.458. The Morgan fingerprint density at radius 2 is 0.745 bits per heavy atom. The minimum absolute atomic E-state index is 0. The summed E-state index contributed by atoms with van der Waals surface area (Å²) in [4.78, 5) is 23.6. The van der Waals surface area contributed by atoms with Crippen LogP contribution in [0.4, 0.5) is 0 Å². The summed E-state index contributed by atoms with van der Waals surface area (Å²) in [6.45, 7) is 29.4. The van der Waals surface area contributed by atoms with Crippen LogP contribution in [0.5, 0.6) is 11.5 Å². The molecule has 0 fully saturated rings. The van der Waals surface area contributed by atoms with Crippen LogP contribution in [0, 0.1) is 10.8 Å². The molecule has 0 atom stereocenters. The van der Waals surface area contributed by atoms with Gasteiger partial charge >= 0.3 is 31.4 Å². The van der Waals surface area contributed by atoms with E-state index in [1.807, 2.05) is 100 Å². The van der Waals surface area contributed by atoms with Crippen LogP contribution in [0.3, 0.4) is 0 Å². The van der Waals surface area contributed by atoms with Gasteiger partial charge in [-0.1, -0.05) is 181 Å². The maximum absolute atomic E-state index is 13.0. The maximum Gasteiger partial charge on any atom is 2.00 e. The van der Waals surface area contributed by atoms with E-state index in [1.165, 1.54) is 0 Å². The summed E-state index contributed by atoms with van der Waals surface area (Å²) in [5.74, 6) is -3.13. The maximum atomic E-state index is 13.0. The second-order valence-electron chi connectivity index (χ2n) is 19.6. The fourth-order valence-corrected chi connectivity index (χ4v) is 8.16. The van der Waals surface area contributed by atoms with Gasteiger partial charge in [0.2, 0.25) is 0 Å². The van der Waals surface area contributed by atoms with E-state index in [-0.39, 0.29) is 52.3 Å². The van der Waals surface area contributed by atoms with Crippen molar-refractivity contribution in [1.82, 2.24) is 0 Å². The van der Waals surface area contributed by atoms with Crippen LogP contribution in [0.25, 0.3) is 0 Å². The number of hydrogen-bond acceptors (Lipinski definition) is 4. The van der Waals surface area contributed by atoms with Crippen molar-refractivity contribution in [2.75, 3.05) is 0 Å². The molecule has 0 aliphatic carbocycles. The first-order chi connectivity index (χ1) is 24.5. The average Bonchev–Trinajstić information content (AvgIpc) is 3.03. The topological polar surface area (TPSA) is 121 Å². The summed E-state index contributed by atoms with van der Waals surface area (Å²) in [6, 6.07) is 26.5. The normalized spacial score (nSPS) is 12.6. The summed E-state index contributed by atoms with van der Waals surface area (Å²) in [7, 11) is 0. The third-order valence-electron chi connectivity index (χ3n) is 10.5. The number of rotatable bonds is 10. The number of hydrogen-bond donors (Lipinski definition) is 2. The molecule has 0 saturated heterocycles. The first-order valence-corrected chi connectivity index (χ1v) is 18.8. The van der Waals surface area contributed by atoms with Crippen LogP contribution in [-0.4, -0.2) is 22.2 Å². The molecule has 0 unspecified atom stereocenters. The first-order valence-electron chi connectivity index (χ1n) is 18.8. The first kappa shape index (κ1) is 47.2. The van der Waals surface area contributed by atoms with Gasteiger partial charge in [0.1, 0.15) is 0 Å². The number of carboxylic acid groups (broad SMARTS) is 2. The minimum atomic E-state index is -1.17. The largest absolute Gasteiger partial charge is 2.00 e. The number of carboxylic acids is 2. The van der Waals surface area contributed by atoms with E-state index in [4.69, 9.17) is 0 Å². The van der Waals surface area contributed by atoms with Crippen LogP contribution in [0.15, 0.2) is 84.9 Å². The van der Waals surface area contributed by atoms with Crippen molar-refractivity contribution in [2.24, 2.45) is 10.8 Å². The van der Waals surface area contributed by atoms with Crippen LogP contribution in [-0.2, 0) is 41.1 Å². The molecule has 0 bridgehead atoms. The van der Waals surface area contributed by atoms with Crippen LogP contribution in [0.2, 0.25) is 0 Å². The zero-order chi connectivity index (χ0) is 41.2. The van der Waals surface area contributed by atoms with E-state index in [1.54, 1.807) is 12.1 Å². The molecule has 0 heterocycles. The number of benzene rings is 4. The van der Waals surface area contributed by atoms with Gasteiger partial charge in [0.15, 0.2) is 0 Å². The van der Waals surface area contributed by atoms with Gasteiger partial charge in [-0.15, -0.1) is 0 Å². The standard InChI is InChI=1S/2C24H32O3.Zn/c2*1-22(2,3)15-23(4,5)17-13-18(21(26)27)20(25)19(14-17)24(6,7)16-11-9-8-10-12-16;/h2*8-14,25H,15H2,1-7H3,(H,26,27);/q;;+2/p-2. The zero-order valence-electron chi connectivity index (χ0n) is 35.7. The van der Waals surface area contributed by atoms with Crippen molar-refractivity contribution >= 4 is 11.9 Å². The summed E-state index contributed by atoms with van der Waals surface area (Å²) in [6.07, 6.45) is 1.75. The molecule has 0 radical (unpaired) electrons. The second-order valence-corrected chi connectivity index (χ2v) is 19.6. The van der Waals surface area contributed by atoms with Crippen molar-refractivity contribution < 1.29 is 49.5 Å². The monoisotopic (exact) mass is 798 g/mol. The Bertz CT molecular complexity index is 1800. The quantitative estimate of drug-likeness (QED) is 0.154. The van der Waals surface area contributed by atoms with E-state index in [9.17, 15) is 30.0 Å². The summed E-state index contributed by atoms with van der Waals surface area (Å²) >= 11 is 0. The third kappa shape index (κ3) is 11.5. The smallest absolute Gasteiger partial charge is 0.872 e. The molecule has 0 spiro atoms. The molecule has 55 heavy (non-hydrogen) atoms. The van der Waals surface area contributed by atoms with Crippen molar-refractivity contribution in [3.8, 4) is 11.5 Å². The minimum Gasteiger partial charge on any atom is -0.872 e. The van der Waals surface area contributed by atoms with Crippen LogP contribution >= 0.6 is 0 Å². The Labute approximate surface area is 343 Å². The van der Waals surface area contributed by atoms with Crippen molar-refractivity contribution in [1.29, 1.82) is 0 Å². The van der Waals surface area contributed by atoms with Gasteiger partial charge in [-0.25, -0.2) is 9.59 Å². The second kappa shape index (κ2) is 17.0. The van der Waals surface area contributed by atoms with E-state index in [0.29, 0.717) is 11.1 Å². The Morgan fingerprint density at radius 1 is 0.473 bits per heavy atom. The Balaban J connectivity index is 0.000000373. The van der Waals surface area contributed by atoms with E-state index in [0.717, 1.165) is 35.1 Å². The third-order valence-corrected chi connectivity index (χ3v) is 10.5. The van der Waals surface area contributed by atoms with E-state index in [2.05, 4.69) is 69.2 Å². The molecule has 0 aromatic heterocycles. The van der Waals surface area contributed by atoms with Gasteiger partial charge in [0.25, 0.3) is 0 Å². The van der Waals surface area contributed by atoms with Crippen molar-refractivity contribution in [3.63, 3.8) is 0 Å². The number of carbonyl (C=O) groups is 2. The molecule has 7 heteroatoms. The molecule has 4 rings (SSSR count). The van der Waals surface area contributed by atoms with Gasteiger partial charge in [0, 0.05) is 10.8 Å².